The van der Waals surface area contributed by atoms with Gasteiger partial charge in [0.05, 0.1) is 6.10 Å². The molecule has 0 saturated carbocycles. The summed E-state index contributed by atoms with van der Waals surface area (Å²) in [5.74, 6) is 1.29. The van der Waals surface area contributed by atoms with Gasteiger partial charge in [-0.3, -0.25) is 0 Å². The van der Waals surface area contributed by atoms with Crippen LogP contribution in [0.2, 0.25) is 5.15 Å². The van der Waals surface area contributed by atoms with Crippen LogP contribution in [0, 0.1) is 0 Å². The van der Waals surface area contributed by atoms with Crippen LogP contribution in [0.5, 0.6) is 0 Å². The van der Waals surface area contributed by atoms with Gasteiger partial charge in [0, 0.05) is 25.2 Å². The van der Waals surface area contributed by atoms with Crippen molar-refractivity contribution in [1.82, 2.24) is 24.5 Å². The average Bonchev–Trinajstić information content (AvgIpc) is 2.94. The van der Waals surface area contributed by atoms with E-state index in [0.29, 0.717) is 17.5 Å². The van der Waals surface area contributed by atoms with Gasteiger partial charge in [0.25, 0.3) is 5.78 Å². The van der Waals surface area contributed by atoms with Crippen LogP contribution in [0.25, 0.3) is 5.78 Å². The predicted octanol–water partition coefficient (Wildman–Crippen LogP) is 0.279. The Morgan fingerprint density at radius 1 is 1.50 bits per heavy atom. The Bertz CT molecular complexity index is 615. The summed E-state index contributed by atoms with van der Waals surface area (Å²) >= 11 is 6.06. The Kier molecular flexibility index (Phi) is 3.49. The summed E-state index contributed by atoms with van der Waals surface area (Å²) in [7, 11) is 4.04. The van der Waals surface area contributed by atoms with E-state index in [-0.39, 0.29) is 12.1 Å². The smallest absolute Gasteiger partial charge is 0.255 e. The van der Waals surface area contributed by atoms with E-state index >= 15 is 0 Å². The summed E-state index contributed by atoms with van der Waals surface area (Å²) in [5, 5.41) is 14.6. The third-order valence-corrected chi connectivity index (χ3v) is 3.66. The Balaban J connectivity index is 2.02. The van der Waals surface area contributed by atoms with Crippen LogP contribution in [0.15, 0.2) is 12.4 Å². The third kappa shape index (κ3) is 2.44. The highest BCUT2D eigenvalue weighted by atomic mass is 35.5. The zero-order chi connectivity index (χ0) is 14.3. The summed E-state index contributed by atoms with van der Waals surface area (Å²) in [6.07, 6.45) is 1.84. The number of aliphatic hydroxyl groups is 1. The van der Waals surface area contributed by atoms with Crippen molar-refractivity contribution >= 4 is 23.2 Å². The molecule has 2 unspecified atom stereocenters. The van der Waals surface area contributed by atoms with Crippen molar-refractivity contribution in [2.75, 3.05) is 32.1 Å². The fourth-order valence-corrected chi connectivity index (χ4v) is 2.91. The number of hydrogen-bond acceptors (Lipinski definition) is 6. The number of hydrogen-bond donors (Lipinski definition) is 1. The van der Waals surface area contributed by atoms with Crippen LogP contribution in [0.3, 0.4) is 0 Å². The van der Waals surface area contributed by atoms with E-state index < -0.39 is 0 Å². The quantitative estimate of drug-likeness (QED) is 0.821. The van der Waals surface area contributed by atoms with Crippen LogP contribution >= 0.6 is 11.6 Å². The number of anilines is 1. The normalized spacial score (nSPS) is 23.1. The number of likely N-dealkylation sites (N-methyl/N-ethyl adjacent to an activating group) is 1. The Morgan fingerprint density at radius 2 is 2.30 bits per heavy atom. The first kappa shape index (κ1) is 13.5. The molecule has 3 rings (SSSR count). The second-order valence-electron chi connectivity index (χ2n) is 5.37. The van der Waals surface area contributed by atoms with E-state index in [1.54, 1.807) is 10.6 Å². The summed E-state index contributed by atoms with van der Waals surface area (Å²) in [6.45, 7) is 1.42. The molecule has 0 aromatic carbocycles. The third-order valence-electron chi connectivity index (χ3n) is 3.46. The fraction of sp³-hybridized carbons (Fsp3) is 0.583. The van der Waals surface area contributed by atoms with Gasteiger partial charge in [-0.15, -0.1) is 0 Å². The highest BCUT2D eigenvalue weighted by Gasteiger charge is 2.33. The summed E-state index contributed by atoms with van der Waals surface area (Å²) < 4.78 is 1.66. The topological polar surface area (TPSA) is 69.8 Å². The van der Waals surface area contributed by atoms with Gasteiger partial charge in [0.15, 0.2) is 0 Å². The minimum absolute atomic E-state index is 0.214. The number of β-amino-alcohol motifs (C(OH)–C–C–N with tert-alkyl or cyclic N) is 1. The predicted molar refractivity (Wildman–Crippen MR) is 76.1 cm³/mol. The molecule has 0 amide bonds. The maximum Gasteiger partial charge on any atom is 0.255 e. The second kappa shape index (κ2) is 5.16. The number of nitrogens with zero attached hydrogens (tertiary/aromatic N) is 6. The molecule has 1 fully saturated rings. The fourth-order valence-electron chi connectivity index (χ4n) is 2.74. The number of halogens is 1. The molecule has 1 aliphatic rings. The largest absolute Gasteiger partial charge is 0.391 e. The number of aliphatic hydroxyl groups excluding tert-OH is 1. The average molecular weight is 297 g/mol. The van der Waals surface area contributed by atoms with Crippen LogP contribution in [-0.4, -0.2) is 68.9 Å². The van der Waals surface area contributed by atoms with E-state index in [0.717, 1.165) is 18.8 Å². The maximum atomic E-state index is 9.98. The standard InChI is InChI=1S/C12H17ClN6O/c1-17(2)5-8-3-9(20)6-18(8)11-4-10(13)16-12-14-7-15-19(11)12/h4,7-9,20H,3,5-6H2,1-2H3. The van der Waals surface area contributed by atoms with Gasteiger partial charge in [-0.2, -0.15) is 19.6 Å². The molecule has 0 radical (unpaired) electrons. The Morgan fingerprint density at radius 3 is 3.05 bits per heavy atom. The van der Waals surface area contributed by atoms with Crippen molar-refractivity contribution in [2.45, 2.75) is 18.6 Å². The zero-order valence-electron chi connectivity index (χ0n) is 11.4. The van der Waals surface area contributed by atoms with E-state index in [1.165, 1.54) is 6.33 Å². The van der Waals surface area contributed by atoms with Crippen molar-refractivity contribution in [2.24, 2.45) is 0 Å². The molecule has 1 N–H and O–H groups in total. The van der Waals surface area contributed by atoms with Crippen LogP contribution in [0.4, 0.5) is 5.82 Å². The number of aromatic nitrogens is 4. The lowest BCUT2D eigenvalue weighted by atomic mass is 10.2. The van der Waals surface area contributed by atoms with Crippen LogP contribution < -0.4 is 4.90 Å². The van der Waals surface area contributed by atoms with Gasteiger partial charge in [0.2, 0.25) is 0 Å². The first-order chi connectivity index (χ1) is 9.54. The summed E-state index contributed by atoms with van der Waals surface area (Å²) in [4.78, 5) is 12.4. The molecule has 2 aromatic rings. The van der Waals surface area contributed by atoms with Gasteiger partial charge in [-0.25, -0.2) is 0 Å². The van der Waals surface area contributed by atoms with Crippen molar-refractivity contribution in [3.8, 4) is 0 Å². The SMILES string of the molecule is CN(C)CC1CC(O)CN1c1cc(Cl)nc2ncnn12. The lowest BCUT2D eigenvalue weighted by molar-refractivity contribution is 0.191. The van der Waals surface area contributed by atoms with Gasteiger partial charge in [-0.05, 0) is 20.5 Å². The lowest BCUT2D eigenvalue weighted by Crippen LogP contribution is -2.38. The van der Waals surface area contributed by atoms with E-state index in [1.807, 2.05) is 14.1 Å². The van der Waals surface area contributed by atoms with Gasteiger partial charge >= 0.3 is 0 Å². The molecular formula is C12H17ClN6O. The van der Waals surface area contributed by atoms with Crippen LogP contribution in [-0.2, 0) is 0 Å². The summed E-state index contributed by atoms with van der Waals surface area (Å²) in [5.41, 5.74) is 0. The molecule has 0 bridgehead atoms. The first-order valence-electron chi connectivity index (χ1n) is 6.50. The molecule has 0 spiro atoms. The van der Waals surface area contributed by atoms with Crippen molar-refractivity contribution < 1.29 is 5.11 Å². The Hall–Kier alpha value is -1.44. The molecule has 2 atom stereocenters. The van der Waals surface area contributed by atoms with E-state index in [4.69, 9.17) is 11.6 Å². The van der Waals surface area contributed by atoms with Crippen molar-refractivity contribution in [1.29, 1.82) is 0 Å². The van der Waals surface area contributed by atoms with E-state index in [9.17, 15) is 5.11 Å². The van der Waals surface area contributed by atoms with Crippen molar-refractivity contribution in [3.63, 3.8) is 0 Å². The van der Waals surface area contributed by atoms with Gasteiger partial charge in [-0.1, -0.05) is 11.6 Å². The molecule has 3 heterocycles. The van der Waals surface area contributed by atoms with Crippen LogP contribution in [0.1, 0.15) is 6.42 Å². The molecule has 2 aromatic heterocycles. The maximum absolute atomic E-state index is 9.98. The minimum atomic E-state index is -0.342. The number of fused-ring (bicyclic) bond motifs is 1. The van der Waals surface area contributed by atoms with Gasteiger partial charge in [0.1, 0.15) is 17.3 Å². The minimum Gasteiger partial charge on any atom is -0.391 e. The molecule has 1 saturated heterocycles. The highest BCUT2D eigenvalue weighted by molar-refractivity contribution is 6.29. The van der Waals surface area contributed by atoms with E-state index in [2.05, 4.69) is 24.9 Å². The molecule has 7 nitrogen and oxygen atoms in total. The highest BCUT2D eigenvalue weighted by Crippen LogP contribution is 2.27. The molecule has 0 aliphatic carbocycles. The van der Waals surface area contributed by atoms with Crippen molar-refractivity contribution in [3.05, 3.63) is 17.5 Å². The molecular weight excluding hydrogens is 280 g/mol. The zero-order valence-corrected chi connectivity index (χ0v) is 12.2. The molecule has 8 heteroatoms. The lowest BCUT2D eigenvalue weighted by Gasteiger charge is -2.28. The molecule has 1 aliphatic heterocycles. The van der Waals surface area contributed by atoms with Gasteiger partial charge < -0.3 is 14.9 Å². The number of rotatable bonds is 3. The molecule has 108 valence electrons. The first-order valence-corrected chi connectivity index (χ1v) is 6.88. The Labute approximate surface area is 121 Å². The molecule has 20 heavy (non-hydrogen) atoms. The monoisotopic (exact) mass is 296 g/mol. The second-order valence-corrected chi connectivity index (χ2v) is 5.75. The summed E-state index contributed by atoms with van der Waals surface area (Å²) in [6, 6.07) is 1.98.